The van der Waals surface area contributed by atoms with E-state index in [1.807, 2.05) is 11.3 Å². The lowest BCUT2D eigenvalue weighted by Gasteiger charge is -2.11. The second kappa shape index (κ2) is 7.55. The van der Waals surface area contributed by atoms with Crippen LogP contribution < -0.4 is 0 Å². The van der Waals surface area contributed by atoms with Gasteiger partial charge >= 0.3 is 0 Å². The van der Waals surface area contributed by atoms with Gasteiger partial charge in [-0.1, -0.05) is 97.1 Å². The molecule has 0 N–H and O–H groups in total. The van der Waals surface area contributed by atoms with Gasteiger partial charge in [0, 0.05) is 42.0 Å². The van der Waals surface area contributed by atoms with E-state index in [-0.39, 0.29) is 0 Å². The molecule has 0 unspecified atom stereocenters. The van der Waals surface area contributed by atoms with Crippen molar-refractivity contribution in [2.75, 3.05) is 0 Å². The maximum absolute atomic E-state index is 2.45. The van der Waals surface area contributed by atoms with Crippen LogP contribution in [-0.2, 0) is 0 Å². The van der Waals surface area contributed by atoms with Crippen LogP contribution in [0.25, 0.3) is 69.6 Å². The predicted octanol–water partition coefficient (Wildman–Crippen LogP) is 9.97. The number of nitrogens with zero attached hydrogens (tertiary/aromatic N) is 1. The SMILES string of the molecule is c1ccc(-c2ccc3sc4c(c3c2)c2ccccc2c2c4c3ccccc3n2-c2ccccc2)cc1. The van der Waals surface area contributed by atoms with Gasteiger partial charge in [-0.2, -0.15) is 0 Å². The summed E-state index contributed by atoms with van der Waals surface area (Å²) in [5.74, 6) is 0. The van der Waals surface area contributed by atoms with Crippen LogP contribution in [0.3, 0.4) is 0 Å². The van der Waals surface area contributed by atoms with Crippen LogP contribution in [0.5, 0.6) is 0 Å². The molecule has 0 radical (unpaired) electrons. The van der Waals surface area contributed by atoms with Gasteiger partial charge in [-0.15, -0.1) is 11.3 Å². The van der Waals surface area contributed by atoms with Gasteiger partial charge in [0.2, 0.25) is 0 Å². The molecular formula is C34H21NS. The highest BCUT2D eigenvalue weighted by Crippen LogP contribution is 2.48. The van der Waals surface area contributed by atoms with E-state index in [0.717, 1.165) is 0 Å². The molecule has 0 spiro atoms. The number of thiophene rings is 1. The van der Waals surface area contributed by atoms with Gasteiger partial charge in [-0.25, -0.2) is 0 Å². The topological polar surface area (TPSA) is 4.93 Å². The molecule has 0 aliphatic heterocycles. The average Bonchev–Trinajstić information content (AvgIpc) is 3.50. The molecule has 168 valence electrons. The van der Waals surface area contributed by atoms with Crippen LogP contribution >= 0.6 is 11.3 Å². The molecule has 8 aromatic rings. The number of hydrogen-bond acceptors (Lipinski definition) is 1. The summed E-state index contributed by atoms with van der Waals surface area (Å²) in [6, 6.07) is 46.2. The molecule has 36 heavy (non-hydrogen) atoms. The molecule has 1 nitrogen and oxygen atoms in total. The fourth-order valence-electron chi connectivity index (χ4n) is 5.83. The number of para-hydroxylation sites is 2. The molecule has 0 aliphatic rings. The molecule has 0 saturated carbocycles. The van der Waals surface area contributed by atoms with Crippen molar-refractivity contribution < 1.29 is 0 Å². The van der Waals surface area contributed by atoms with Gasteiger partial charge < -0.3 is 4.57 Å². The van der Waals surface area contributed by atoms with Gasteiger partial charge in [-0.05, 0) is 46.8 Å². The lowest BCUT2D eigenvalue weighted by molar-refractivity contribution is 1.19. The van der Waals surface area contributed by atoms with Crippen molar-refractivity contribution in [1.29, 1.82) is 0 Å². The molecule has 2 heterocycles. The van der Waals surface area contributed by atoms with Crippen molar-refractivity contribution in [2.45, 2.75) is 0 Å². The first-order chi connectivity index (χ1) is 17.9. The highest BCUT2D eigenvalue weighted by molar-refractivity contribution is 7.27. The third-order valence-corrected chi connectivity index (χ3v) is 8.55. The van der Waals surface area contributed by atoms with E-state index in [1.165, 1.54) is 69.6 Å². The zero-order chi connectivity index (χ0) is 23.6. The number of rotatable bonds is 2. The summed E-state index contributed by atoms with van der Waals surface area (Å²) >= 11 is 1.92. The Morgan fingerprint density at radius 3 is 1.94 bits per heavy atom. The molecular weight excluding hydrogens is 454 g/mol. The van der Waals surface area contributed by atoms with E-state index in [2.05, 4.69) is 132 Å². The highest BCUT2D eigenvalue weighted by atomic mass is 32.1. The Labute approximate surface area is 212 Å². The third kappa shape index (κ3) is 2.71. The quantitative estimate of drug-likeness (QED) is 0.234. The number of hydrogen-bond donors (Lipinski definition) is 0. The Balaban J connectivity index is 1.62. The second-order valence-corrected chi connectivity index (χ2v) is 10.4. The Morgan fingerprint density at radius 1 is 0.472 bits per heavy atom. The van der Waals surface area contributed by atoms with E-state index >= 15 is 0 Å². The van der Waals surface area contributed by atoms with E-state index in [1.54, 1.807) is 0 Å². The zero-order valence-corrected chi connectivity index (χ0v) is 20.3. The minimum Gasteiger partial charge on any atom is -0.309 e. The van der Waals surface area contributed by atoms with Gasteiger partial charge in [0.1, 0.15) is 0 Å². The summed E-state index contributed by atoms with van der Waals surface area (Å²) in [6.45, 7) is 0. The molecule has 0 saturated heterocycles. The van der Waals surface area contributed by atoms with Crippen LogP contribution in [0.15, 0.2) is 127 Å². The van der Waals surface area contributed by atoms with E-state index in [9.17, 15) is 0 Å². The Morgan fingerprint density at radius 2 is 1.14 bits per heavy atom. The molecule has 2 aromatic heterocycles. The normalized spacial score (nSPS) is 11.9. The first-order valence-corrected chi connectivity index (χ1v) is 13.1. The lowest BCUT2D eigenvalue weighted by Crippen LogP contribution is -1.93. The summed E-state index contributed by atoms with van der Waals surface area (Å²) in [5.41, 5.74) is 6.25. The van der Waals surface area contributed by atoms with E-state index in [0.29, 0.717) is 0 Å². The predicted molar refractivity (Wildman–Crippen MR) is 157 cm³/mol. The van der Waals surface area contributed by atoms with Crippen molar-refractivity contribution in [3.8, 4) is 16.8 Å². The lowest BCUT2D eigenvalue weighted by atomic mass is 9.97. The van der Waals surface area contributed by atoms with Gasteiger partial charge in [-0.3, -0.25) is 0 Å². The molecule has 0 aliphatic carbocycles. The second-order valence-electron chi connectivity index (χ2n) is 9.34. The monoisotopic (exact) mass is 475 g/mol. The van der Waals surface area contributed by atoms with Crippen LogP contribution in [0.4, 0.5) is 0 Å². The molecule has 0 fully saturated rings. The van der Waals surface area contributed by atoms with Crippen molar-refractivity contribution in [2.24, 2.45) is 0 Å². The molecule has 0 bridgehead atoms. The van der Waals surface area contributed by atoms with Crippen molar-refractivity contribution in [3.63, 3.8) is 0 Å². The summed E-state index contributed by atoms with van der Waals surface area (Å²) < 4.78 is 5.15. The summed E-state index contributed by atoms with van der Waals surface area (Å²) in [5, 5.41) is 7.98. The minimum absolute atomic E-state index is 1.20. The van der Waals surface area contributed by atoms with Crippen LogP contribution in [-0.4, -0.2) is 4.57 Å². The Bertz CT molecular complexity index is 2080. The van der Waals surface area contributed by atoms with Crippen molar-refractivity contribution in [1.82, 2.24) is 4.57 Å². The zero-order valence-electron chi connectivity index (χ0n) is 19.5. The first kappa shape index (κ1) is 19.9. The summed E-state index contributed by atoms with van der Waals surface area (Å²) in [6.07, 6.45) is 0. The van der Waals surface area contributed by atoms with Crippen LogP contribution in [0, 0.1) is 0 Å². The number of aromatic nitrogens is 1. The van der Waals surface area contributed by atoms with Gasteiger partial charge in [0.15, 0.2) is 0 Å². The molecule has 0 atom stereocenters. The van der Waals surface area contributed by atoms with E-state index < -0.39 is 0 Å². The third-order valence-electron chi connectivity index (χ3n) is 7.36. The minimum atomic E-state index is 1.20. The van der Waals surface area contributed by atoms with Crippen molar-refractivity contribution >= 4 is 64.1 Å². The molecule has 0 amide bonds. The standard InChI is InChI=1S/C34H21NS/c1-3-11-22(12-4-1)23-19-20-30-28(21-23)31-25-15-7-8-16-26(25)33-32(34(31)36-30)27-17-9-10-18-29(27)35(33)24-13-5-2-6-14-24/h1-21H. The Hall–Kier alpha value is -4.40. The first-order valence-electron chi connectivity index (χ1n) is 12.3. The maximum Gasteiger partial charge on any atom is 0.0634 e. The summed E-state index contributed by atoms with van der Waals surface area (Å²) in [7, 11) is 0. The highest BCUT2D eigenvalue weighted by Gasteiger charge is 2.21. The molecule has 6 aromatic carbocycles. The Kier molecular flexibility index (Phi) is 4.16. The molecule has 8 rings (SSSR count). The fourth-order valence-corrected chi connectivity index (χ4v) is 7.09. The molecule has 2 heteroatoms. The van der Waals surface area contributed by atoms with E-state index in [4.69, 9.17) is 0 Å². The number of benzene rings is 6. The van der Waals surface area contributed by atoms with Gasteiger partial charge in [0.25, 0.3) is 0 Å². The maximum atomic E-state index is 2.45. The van der Waals surface area contributed by atoms with Crippen molar-refractivity contribution in [3.05, 3.63) is 127 Å². The largest absolute Gasteiger partial charge is 0.309 e. The number of fused-ring (bicyclic) bond motifs is 10. The van der Waals surface area contributed by atoms with Crippen LogP contribution in [0.1, 0.15) is 0 Å². The average molecular weight is 476 g/mol. The smallest absolute Gasteiger partial charge is 0.0634 e. The van der Waals surface area contributed by atoms with Crippen LogP contribution in [0.2, 0.25) is 0 Å². The van der Waals surface area contributed by atoms with Gasteiger partial charge in [0.05, 0.1) is 11.0 Å². The summed E-state index contributed by atoms with van der Waals surface area (Å²) in [4.78, 5) is 0. The fraction of sp³-hybridized carbons (Fsp3) is 0.